The van der Waals surface area contributed by atoms with E-state index in [0.717, 1.165) is 0 Å². The van der Waals surface area contributed by atoms with Gasteiger partial charge < -0.3 is 4.74 Å². The molecule has 1 aliphatic heterocycles. The lowest BCUT2D eigenvalue weighted by Gasteiger charge is -2.18. The van der Waals surface area contributed by atoms with Crippen LogP contribution in [0, 0.1) is 10.1 Å². The molecule has 0 saturated carbocycles. The predicted octanol–water partition coefficient (Wildman–Crippen LogP) is -0.426. The van der Waals surface area contributed by atoms with Crippen LogP contribution in [0.4, 0.5) is 5.69 Å². The van der Waals surface area contributed by atoms with Crippen molar-refractivity contribution in [2.75, 3.05) is 7.11 Å². The molecule has 0 spiro atoms. The Bertz CT molecular complexity index is 593. The van der Waals surface area contributed by atoms with E-state index in [0.29, 0.717) is 11.4 Å². The Morgan fingerprint density at radius 3 is 2.40 bits per heavy atom. The first kappa shape index (κ1) is 13.5. The van der Waals surface area contributed by atoms with E-state index in [1.165, 1.54) is 7.11 Å². The zero-order chi connectivity index (χ0) is 14.7. The molecule has 0 atom stereocenters. The average molecular weight is 278 g/mol. The highest BCUT2D eigenvalue weighted by Gasteiger charge is 2.43. The number of para-hydroxylation sites is 2. The van der Waals surface area contributed by atoms with Gasteiger partial charge in [0.15, 0.2) is 0 Å². The van der Waals surface area contributed by atoms with E-state index in [9.17, 15) is 19.7 Å². The van der Waals surface area contributed by atoms with Crippen molar-refractivity contribution in [1.29, 1.82) is 0 Å². The second-order valence-corrected chi connectivity index (χ2v) is 3.80. The molecule has 1 fully saturated rings. The maximum Gasteiger partial charge on any atom is 0.366 e. The molecule has 0 bridgehead atoms. The highest BCUT2D eigenvalue weighted by molar-refractivity contribution is 6.19. The van der Waals surface area contributed by atoms with Gasteiger partial charge in [0.05, 0.1) is 7.11 Å². The maximum absolute atomic E-state index is 11.5. The number of aliphatic imine (C=N–C) groups is 1. The quantitative estimate of drug-likeness (QED) is 0.441. The second kappa shape index (κ2) is 5.34. The van der Waals surface area contributed by atoms with Gasteiger partial charge in [0, 0.05) is 4.92 Å². The van der Waals surface area contributed by atoms with Gasteiger partial charge in [0.2, 0.25) is 5.96 Å². The minimum Gasteiger partial charge on any atom is -0.494 e. The molecule has 0 aliphatic carbocycles. The fraction of sp³-hybridized carbons (Fsp3) is 0.182. The standard InChI is InChI=1S/C11H10N4O5/c1-20-7-5-3-2-4-6(7)12-11-13-9(16)8(15(18)19)10(17)14-11/h2-5,8H,1H3,(H2,12,13,14,16,17). The number of methoxy groups -OCH3 is 1. The van der Waals surface area contributed by atoms with Crippen molar-refractivity contribution in [1.82, 2.24) is 10.6 Å². The highest BCUT2D eigenvalue weighted by atomic mass is 16.6. The molecule has 1 aromatic carbocycles. The Labute approximate surface area is 112 Å². The molecule has 9 nitrogen and oxygen atoms in total. The summed E-state index contributed by atoms with van der Waals surface area (Å²) in [6.45, 7) is 0. The average Bonchev–Trinajstić information content (AvgIpc) is 2.38. The maximum atomic E-state index is 11.5. The Morgan fingerprint density at radius 1 is 1.25 bits per heavy atom. The minimum absolute atomic E-state index is 0.178. The zero-order valence-electron chi connectivity index (χ0n) is 10.3. The molecule has 0 unspecified atom stereocenters. The second-order valence-electron chi connectivity index (χ2n) is 3.80. The lowest BCUT2D eigenvalue weighted by Crippen LogP contribution is -2.61. The molecule has 1 heterocycles. The van der Waals surface area contributed by atoms with Crippen LogP contribution in [0.25, 0.3) is 0 Å². The number of amides is 2. The van der Waals surface area contributed by atoms with E-state index in [4.69, 9.17) is 4.74 Å². The van der Waals surface area contributed by atoms with Crippen molar-refractivity contribution < 1.29 is 19.2 Å². The largest absolute Gasteiger partial charge is 0.494 e. The van der Waals surface area contributed by atoms with Crippen LogP contribution in [0.2, 0.25) is 0 Å². The number of ether oxygens (including phenoxy) is 1. The number of benzene rings is 1. The van der Waals surface area contributed by atoms with Gasteiger partial charge in [-0.3, -0.25) is 30.3 Å². The monoisotopic (exact) mass is 278 g/mol. The summed E-state index contributed by atoms with van der Waals surface area (Å²) in [5, 5.41) is 14.9. The van der Waals surface area contributed by atoms with Crippen LogP contribution in [-0.2, 0) is 9.59 Å². The minimum atomic E-state index is -1.97. The van der Waals surface area contributed by atoms with E-state index < -0.39 is 22.8 Å². The van der Waals surface area contributed by atoms with E-state index >= 15 is 0 Å². The summed E-state index contributed by atoms with van der Waals surface area (Å²) in [4.78, 5) is 36.5. The SMILES string of the molecule is COc1ccccc1N=C1NC(=O)C([N+](=O)[O-])C(=O)N1. The number of carbonyl (C=O) groups is 2. The predicted molar refractivity (Wildman–Crippen MR) is 67.2 cm³/mol. The van der Waals surface area contributed by atoms with Gasteiger partial charge >= 0.3 is 17.9 Å². The van der Waals surface area contributed by atoms with Crippen LogP contribution in [-0.4, -0.2) is 35.8 Å². The van der Waals surface area contributed by atoms with Crippen molar-refractivity contribution in [2.45, 2.75) is 6.04 Å². The van der Waals surface area contributed by atoms with Crippen molar-refractivity contribution in [3.8, 4) is 5.75 Å². The summed E-state index contributed by atoms with van der Waals surface area (Å²) < 4.78 is 5.06. The van der Waals surface area contributed by atoms with Crippen LogP contribution >= 0.6 is 0 Å². The zero-order valence-corrected chi connectivity index (χ0v) is 10.3. The summed E-state index contributed by atoms with van der Waals surface area (Å²) in [7, 11) is 1.44. The van der Waals surface area contributed by atoms with E-state index in [1.807, 2.05) is 0 Å². The molecule has 1 aliphatic rings. The number of nitrogens with one attached hydrogen (secondary N) is 2. The fourth-order valence-corrected chi connectivity index (χ4v) is 1.61. The third-order valence-electron chi connectivity index (χ3n) is 2.51. The van der Waals surface area contributed by atoms with Crippen molar-refractivity contribution in [3.05, 3.63) is 34.4 Å². The molecule has 1 saturated heterocycles. The first-order valence-electron chi connectivity index (χ1n) is 5.50. The molecule has 9 heteroatoms. The Balaban J connectivity index is 2.27. The molecule has 2 amide bonds. The number of nitro groups is 1. The third kappa shape index (κ3) is 2.55. The Morgan fingerprint density at radius 2 is 1.85 bits per heavy atom. The van der Waals surface area contributed by atoms with E-state index in [1.54, 1.807) is 24.3 Å². The smallest absolute Gasteiger partial charge is 0.366 e. The molecule has 1 aromatic rings. The summed E-state index contributed by atoms with van der Waals surface area (Å²) >= 11 is 0. The molecule has 20 heavy (non-hydrogen) atoms. The number of guanidine groups is 1. The number of hydrogen-bond donors (Lipinski definition) is 2. The van der Waals surface area contributed by atoms with E-state index in [2.05, 4.69) is 15.6 Å². The summed E-state index contributed by atoms with van der Waals surface area (Å²) in [5.74, 6) is -1.82. The molecule has 0 radical (unpaired) electrons. The van der Waals surface area contributed by atoms with Crippen LogP contribution in [0.3, 0.4) is 0 Å². The molecule has 104 valence electrons. The topological polar surface area (TPSA) is 123 Å². The van der Waals surface area contributed by atoms with Gasteiger partial charge in [-0.15, -0.1) is 0 Å². The molecular formula is C11H10N4O5. The lowest BCUT2D eigenvalue weighted by atomic mass is 10.2. The Kier molecular flexibility index (Phi) is 3.60. The van der Waals surface area contributed by atoms with Crippen LogP contribution < -0.4 is 15.4 Å². The molecular weight excluding hydrogens is 268 g/mol. The summed E-state index contributed by atoms with van der Waals surface area (Å²) in [5.41, 5.74) is 0.366. The van der Waals surface area contributed by atoms with Gasteiger partial charge in [-0.2, -0.15) is 0 Å². The Hall–Kier alpha value is -2.97. The normalized spacial score (nSPS) is 18.1. The molecule has 0 aromatic heterocycles. The molecule has 2 rings (SSSR count). The fourth-order valence-electron chi connectivity index (χ4n) is 1.61. The number of nitrogens with zero attached hydrogens (tertiary/aromatic N) is 2. The van der Waals surface area contributed by atoms with E-state index in [-0.39, 0.29) is 5.96 Å². The first-order chi connectivity index (χ1) is 9.52. The number of rotatable bonds is 3. The summed E-state index contributed by atoms with van der Waals surface area (Å²) in [6.07, 6.45) is 0. The van der Waals surface area contributed by atoms with Crippen molar-refractivity contribution >= 4 is 23.5 Å². The summed E-state index contributed by atoms with van der Waals surface area (Å²) in [6, 6.07) is 4.69. The van der Waals surface area contributed by atoms with Gasteiger partial charge in [-0.05, 0) is 12.1 Å². The number of hydrogen-bond acceptors (Lipinski definition) is 6. The van der Waals surface area contributed by atoms with Crippen LogP contribution in [0.5, 0.6) is 5.75 Å². The van der Waals surface area contributed by atoms with Gasteiger partial charge in [-0.25, -0.2) is 4.99 Å². The van der Waals surface area contributed by atoms with Crippen molar-refractivity contribution in [2.24, 2.45) is 4.99 Å². The van der Waals surface area contributed by atoms with Gasteiger partial charge in [0.25, 0.3) is 0 Å². The van der Waals surface area contributed by atoms with Crippen molar-refractivity contribution in [3.63, 3.8) is 0 Å². The van der Waals surface area contributed by atoms with Gasteiger partial charge in [0.1, 0.15) is 11.4 Å². The third-order valence-corrected chi connectivity index (χ3v) is 2.51. The highest BCUT2D eigenvalue weighted by Crippen LogP contribution is 2.26. The van der Waals surface area contributed by atoms with Gasteiger partial charge in [-0.1, -0.05) is 12.1 Å². The lowest BCUT2D eigenvalue weighted by molar-refractivity contribution is -0.494. The first-order valence-corrected chi connectivity index (χ1v) is 5.50. The number of carbonyl (C=O) groups excluding carboxylic acids is 2. The molecule has 2 N–H and O–H groups in total. The van der Waals surface area contributed by atoms with Crippen LogP contribution in [0.1, 0.15) is 0 Å². The van der Waals surface area contributed by atoms with Crippen LogP contribution in [0.15, 0.2) is 29.3 Å².